The Kier molecular flexibility index (Phi) is 5.98. The van der Waals surface area contributed by atoms with E-state index in [1.54, 1.807) is 4.90 Å². The number of amides is 1. The molecule has 1 amide bonds. The number of benzene rings is 1. The molecule has 0 fully saturated rings. The van der Waals surface area contributed by atoms with Gasteiger partial charge in [0.2, 0.25) is 0 Å². The quantitative estimate of drug-likeness (QED) is 0.748. The van der Waals surface area contributed by atoms with Crippen molar-refractivity contribution in [2.24, 2.45) is 0 Å². The number of carbonyl (C=O) groups excluding carboxylic acids is 1. The number of likely N-dealkylation sites (N-methyl/N-ethyl adjacent to an activating group) is 1. The summed E-state index contributed by atoms with van der Waals surface area (Å²) in [6, 6.07) is 3.01. The second-order valence-corrected chi connectivity index (χ2v) is 6.87. The van der Waals surface area contributed by atoms with Crippen molar-refractivity contribution >= 4 is 25.6 Å². The van der Waals surface area contributed by atoms with Crippen LogP contribution in [0.1, 0.15) is 20.8 Å². The first kappa shape index (κ1) is 17.7. The van der Waals surface area contributed by atoms with Crippen LogP contribution in [0, 0.1) is 5.82 Å². The number of ether oxygens (including phenoxy) is 1. The number of hydrogen-bond donors (Lipinski definition) is 0. The summed E-state index contributed by atoms with van der Waals surface area (Å²) >= 11 is 0. The Hall–Kier alpha value is -1.34. The minimum atomic E-state index is -4.01. The maximum atomic E-state index is 13.8. The number of rotatable bonds is 6. The van der Waals surface area contributed by atoms with Crippen LogP contribution in [0.4, 0.5) is 4.39 Å². The summed E-state index contributed by atoms with van der Waals surface area (Å²) in [6.45, 7) is 6.21. The second-order valence-electron chi connectivity index (χ2n) is 4.30. The third-order valence-corrected chi connectivity index (χ3v) is 4.26. The Balaban J connectivity index is 2.91. The van der Waals surface area contributed by atoms with Gasteiger partial charge < -0.3 is 9.64 Å². The molecule has 5 nitrogen and oxygen atoms in total. The van der Waals surface area contributed by atoms with E-state index >= 15 is 0 Å². The van der Waals surface area contributed by atoms with E-state index in [1.807, 2.05) is 13.8 Å². The average molecular weight is 338 g/mol. The van der Waals surface area contributed by atoms with Crippen LogP contribution in [0.15, 0.2) is 23.1 Å². The van der Waals surface area contributed by atoms with E-state index < -0.39 is 21.0 Å². The molecule has 118 valence electrons. The minimum Gasteiger partial charge on any atom is -0.478 e. The second kappa shape index (κ2) is 7.09. The minimum absolute atomic E-state index is 0.202. The molecule has 0 aliphatic heterocycles. The highest BCUT2D eigenvalue weighted by Gasteiger charge is 2.22. The van der Waals surface area contributed by atoms with Crippen molar-refractivity contribution in [3.05, 3.63) is 24.0 Å². The molecule has 1 rings (SSSR count). The van der Waals surface area contributed by atoms with Crippen LogP contribution in [0.2, 0.25) is 0 Å². The van der Waals surface area contributed by atoms with Crippen molar-refractivity contribution in [2.45, 2.75) is 31.8 Å². The fraction of sp³-hybridized carbons (Fsp3) is 0.462. The third kappa shape index (κ3) is 4.57. The zero-order valence-corrected chi connectivity index (χ0v) is 13.5. The van der Waals surface area contributed by atoms with Gasteiger partial charge in [-0.25, -0.2) is 12.8 Å². The molecule has 0 saturated heterocycles. The third-order valence-electron chi connectivity index (χ3n) is 2.91. The molecule has 0 N–H and O–H groups in total. The average Bonchev–Trinajstić information content (AvgIpc) is 2.41. The van der Waals surface area contributed by atoms with E-state index in [0.29, 0.717) is 13.1 Å². The first-order valence-electron chi connectivity index (χ1n) is 6.40. The maximum absolute atomic E-state index is 13.8. The van der Waals surface area contributed by atoms with Gasteiger partial charge in [-0.1, -0.05) is 0 Å². The molecule has 0 bridgehead atoms. The van der Waals surface area contributed by atoms with Gasteiger partial charge in [-0.3, -0.25) is 4.79 Å². The monoisotopic (exact) mass is 337 g/mol. The zero-order valence-electron chi connectivity index (χ0n) is 12.0. The summed E-state index contributed by atoms with van der Waals surface area (Å²) < 4.78 is 41.2. The van der Waals surface area contributed by atoms with E-state index in [9.17, 15) is 17.6 Å². The molecule has 1 aromatic rings. The Bertz CT molecular complexity index is 617. The highest BCUT2D eigenvalue weighted by atomic mass is 35.7. The lowest BCUT2D eigenvalue weighted by Crippen LogP contribution is -2.40. The molecule has 1 unspecified atom stereocenters. The largest absolute Gasteiger partial charge is 0.478 e. The normalized spacial score (nSPS) is 12.8. The predicted molar refractivity (Wildman–Crippen MR) is 77.5 cm³/mol. The van der Waals surface area contributed by atoms with E-state index in [2.05, 4.69) is 0 Å². The number of carbonyl (C=O) groups is 1. The first-order chi connectivity index (χ1) is 9.70. The predicted octanol–water partition coefficient (Wildman–Crippen LogP) is 2.39. The molecule has 0 spiro atoms. The number of halogens is 2. The molecule has 0 radical (unpaired) electrons. The van der Waals surface area contributed by atoms with Gasteiger partial charge in [0.25, 0.3) is 15.0 Å². The lowest BCUT2D eigenvalue weighted by molar-refractivity contribution is -0.137. The highest BCUT2D eigenvalue weighted by molar-refractivity contribution is 8.13. The molecular weight excluding hydrogens is 321 g/mol. The van der Waals surface area contributed by atoms with E-state index in [0.717, 1.165) is 18.2 Å². The van der Waals surface area contributed by atoms with Crippen molar-refractivity contribution < 1.29 is 22.3 Å². The summed E-state index contributed by atoms with van der Waals surface area (Å²) in [4.78, 5) is 13.2. The first-order valence-corrected chi connectivity index (χ1v) is 8.71. The van der Waals surface area contributed by atoms with E-state index in [4.69, 9.17) is 15.4 Å². The summed E-state index contributed by atoms with van der Waals surface area (Å²) in [5.41, 5.74) is 0. The van der Waals surface area contributed by atoms with Gasteiger partial charge in [0.05, 0.1) is 4.90 Å². The van der Waals surface area contributed by atoms with Crippen molar-refractivity contribution in [3.63, 3.8) is 0 Å². The molecule has 8 heteroatoms. The van der Waals surface area contributed by atoms with Gasteiger partial charge in [-0.05, 0) is 39.0 Å². The Morgan fingerprint density at radius 1 is 1.38 bits per heavy atom. The van der Waals surface area contributed by atoms with Gasteiger partial charge >= 0.3 is 0 Å². The van der Waals surface area contributed by atoms with Gasteiger partial charge in [-0.15, -0.1) is 0 Å². The Labute approximate surface area is 128 Å². The van der Waals surface area contributed by atoms with Crippen LogP contribution < -0.4 is 4.74 Å². The SMILES string of the molecule is CCN(CC)C(=O)C(C)Oc1ccc(S(=O)(=O)Cl)cc1F. The van der Waals surface area contributed by atoms with Gasteiger partial charge in [0.1, 0.15) is 0 Å². The van der Waals surface area contributed by atoms with Crippen LogP contribution >= 0.6 is 10.7 Å². The Morgan fingerprint density at radius 2 is 1.95 bits per heavy atom. The van der Waals surface area contributed by atoms with Crippen LogP contribution in [0.5, 0.6) is 5.75 Å². The summed E-state index contributed by atoms with van der Waals surface area (Å²) in [5.74, 6) is -1.36. The standard InChI is InChI=1S/C13H17ClFNO4S/c1-4-16(5-2)13(17)9(3)20-12-7-6-10(8-11(12)15)21(14,18)19/h6-9H,4-5H2,1-3H3. The van der Waals surface area contributed by atoms with Crippen molar-refractivity contribution in [1.82, 2.24) is 4.90 Å². The number of hydrogen-bond acceptors (Lipinski definition) is 4. The molecule has 21 heavy (non-hydrogen) atoms. The van der Waals surface area contributed by atoms with Crippen LogP contribution in [-0.4, -0.2) is 38.4 Å². The van der Waals surface area contributed by atoms with Gasteiger partial charge in [-0.2, -0.15) is 0 Å². The Morgan fingerprint density at radius 3 is 2.38 bits per heavy atom. The summed E-state index contributed by atoms with van der Waals surface area (Å²) in [6.07, 6.45) is -0.877. The number of nitrogens with zero attached hydrogens (tertiary/aromatic N) is 1. The van der Waals surface area contributed by atoms with Gasteiger partial charge in [0, 0.05) is 23.8 Å². The van der Waals surface area contributed by atoms with Crippen molar-refractivity contribution in [2.75, 3.05) is 13.1 Å². The molecule has 0 aliphatic rings. The summed E-state index contributed by atoms with van der Waals surface area (Å²) in [7, 11) is 1.12. The van der Waals surface area contributed by atoms with Crippen LogP contribution in [-0.2, 0) is 13.8 Å². The van der Waals surface area contributed by atoms with E-state index in [1.165, 1.54) is 6.92 Å². The topological polar surface area (TPSA) is 63.7 Å². The molecule has 0 aromatic heterocycles. The van der Waals surface area contributed by atoms with Crippen molar-refractivity contribution in [3.8, 4) is 5.75 Å². The molecule has 0 aliphatic carbocycles. The lowest BCUT2D eigenvalue weighted by Gasteiger charge is -2.23. The fourth-order valence-electron chi connectivity index (χ4n) is 1.76. The van der Waals surface area contributed by atoms with Crippen LogP contribution in [0.3, 0.4) is 0 Å². The molecule has 1 atom stereocenters. The van der Waals surface area contributed by atoms with Crippen molar-refractivity contribution in [1.29, 1.82) is 0 Å². The lowest BCUT2D eigenvalue weighted by atomic mass is 10.3. The van der Waals surface area contributed by atoms with E-state index in [-0.39, 0.29) is 16.6 Å². The molecule has 1 aromatic carbocycles. The highest BCUT2D eigenvalue weighted by Crippen LogP contribution is 2.24. The summed E-state index contributed by atoms with van der Waals surface area (Å²) in [5, 5.41) is 0. The van der Waals surface area contributed by atoms with Crippen LogP contribution in [0.25, 0.3) is 0 Å². The molecular formula is C13H17ClFNO4S. The van der Waals surface area contributed by atoms with Gasteiger partial charge in [0.15, 0.2) is 17.7 Å². The maximum Gasteiger partial charge on any atom is 0.263 e. The zero-order chi connectivity index (χ0) is 16.2. The fourth-order valence-corrected chi connectivity index (χ4v) is 2.52. The molecule has 0 saturated carbocycles. The molecule has 0 heterocycles. The smallest absolute Gasteiger partial charge is 0.263 e.